The molecule has 0 aliphatic carbocycles. The molecular weight excluding hydrogens is 465 g/mol. The Hall–Kier alpha value is 0.781. The van der Waals surface area contributed by atoms with Crippen molar-refractivity contribution in [1.82, 2.24) is 0 Å². The van der Waals surface area contributed by atoms with Gasteiger partial charge in [0.1, 0.15) is 0 Å². The number of nitrogens with one attached hydrogen (secondary N) is 1. The monoisotopic (exact) mass is 515 g/mol. The number of rotatable bonds is 5. The molecule has 0 bridgehead atoms. The normalized spacial score (nSPS) is 9.67. The van der Waals surface area contributed by atoms with E-state index in [1.165, 1.54) is 41.5 Å². The fourth-order valence-electron chi connectivity index (χ4n) is 1.97. The molecule has 1 N–H and O–H groups in total. The average Bonchev–Trinajstić information content (AvgIpc) is 2.73. The number of unbranched alkanes of at least 4 members (excludes halogenated alkanes) is 3. The Morgan fingerprint density at radius 2 is 1.37 bits per heavy atom. The second-order valence-corrected chi connectivity index (χ2v) is 8.89. The van der Waals surface area contributed by atoms with Gasteiger partial charge < -0.3 is 17.4 Å². The minimum Gasteiger partial charge on any atom is -0.673 e. The minimum absolute atomic E-state index is 0. The van der Waals surface area contributed by atoms with Crippen LogP contribution in [0, 0.1) is 34.6 Å². The third-order valence-corrected chi connectivity index (χ3v) is 3.61. The number of aryl methyl sites for hydroxylation is 2. The first kappa shape index (κ1) is 44.5. The van der Waals surface area contributed by atoms with Gasteiger partial charge in [0.05, 0.1) is 5.60 Å². The molecule has 30 heavy (non-hydrogen) atoms. The van der Waals surface area contributed by atoms with Crippen LogP contribution in [0.25, 0.3) is 5.73 Å². The maximum absolute atomic E-state index is 6.94. The predicted molar refractivity (Wildman–Crippen MR) is 143 cm³/mol. The molecule has 180 valence electrons. The smallest absolute Gasteiger partial charge is 0.673 e. The first-order chi connectivity index (χ1) is 12.2. The summed E-state index contributed by atoms with van der Waals surface area (Å²) in [6.45, 7) is 27.2. The van der Waals surface area contributed by atoms with E-state index in [0.29, 0.717) is 0 Å². The van der Waals surface area contributed by atoms with Crippen LogP contribution in [-0.2, 0) is 26.5 Å². The summed E-state index contributed by atoms with van der Waals surface area (Å²) in [5.41, 5.74) is 12.5. The molecule has 1 aromatic rings. The van der Waals surface area contributed by atoms with Gasteiger partial charge in [-0.3, -0.25) is 0 Å². The van der Waals surface area contributed by atoms with E-state index in [-0.39, 0.29) is 57.7 Å². The summed E-state index contributed by atoms with van der Waals surface area (Å²) in [5.74, 6) is 0. The summed E-state index contributed by atoms with van der Waals surface area (Å²) in [4.78, 5) is 0. The molecule has 1 rings (SSSR count). The fraction of sp³-hybridized carbons (Fsp3) is 0.750. The summed E-state index contributed by atoms with van der Waals surface area (Å²) in [5, 5.41) is 0. The Morgan fingerprint density at radius 3 is 1.57 bits per heavy atom. The van der Waals surface area contributed by atoms with Crippen LogP contribution in [0.15, 0.2) is 6.07 Å². The van der Waals surface area contributed by atoms with Crippen molar-refractivity contribution >= 4 is 35.1 Å². The van der Waals surface area contributed by atoms with Crippen molar-refractivity contribution in [1.29, 1.82) is 0 Å². The van der Waals surface area contributed by atoms with Gasteiger partial charge in [0.15, 0.2) is 0 Å². The topological polar surface area (TPSA) is 33.0 Å². The van der Waals surface area contributed by atoms with Crippen LogP contribution in [0.2, 0.25) is 6.55 Å². The van der Waals surface area contributed by atoms with E-state index in [0.717, 1.165) is 13.0 Å². The molecule has 0 amide bonds. The van der Waals surface area contributed by atoms with E-state index in [1.807, 2.05) is 37.6 Å². The molecule has 0 fully saturated rings. The van der Waals surface area contributed by atoms with Crippen LogP contribution in [-0.4, -0.2) is 28.0 Å². The van der Waals surface area contributed by atoms with Crippen molar-refractivity contribution in [2.45, 2.75) is 113 Å². The number of hydrogen-bond acceptors (Lipinski definition) is 1. The van der Waals surface area contributed by atoms with E-state index in [9.17, 15) is 0 Å². The Morgan fingerprint density at radius 1 is 0.967 bits per heavy atom. The SMILES string of the molecule is CC(C)(C)[NH-].C[SiH2].Cc1c[c-](C)c(C)c1C.Cl.Cl.[CH2-]CCCCCOC(C)(C)C.[Ti+3]. The molecule has 0 heterocycles. The molecule has 0 aromatic heterocycles. The third-order valence-electron chi connectivity index (χ3n) is 3.61. The number of hydrogen-bond donors (Lipinski definition) is 0. The molecule has 0 atom stereocenters. The van der Waals surface area contributed by atoms with E-state index in [4.69, 9.17) is 10.5 Å². The van der Waals surface area contributed by atoms with Crippen molar-refractivity contribution in [3.63, 3.8) is 0 Å². The molecule has 2 radical (unpaired) electrons. The molecule has 0 saturated heterocycles. The van der Waals surface area contributed by atoms with E-state index in [1.54, 1.807) is 0 Å². The zero-order valence-electron chi connectivity index (χ0n) is 21.8. The molecule has 6 heteroatoms. The van der Waals surface area contributed by atoms with Crippen molar-refractivity contribution in [3.05, 3.63) is 41.0 Å². The fourth-order valence-corrected chi connectivity index (χ4v) is 1.97. The zero-order chi connectivity index (χ0) is 22.3. The van der Waals surface area contributed by atoms with E-state index < -0.39 is 0 Å². The number of ether oxygens (including phenoxy) is 1. The zero-order valence-corrected chi connectivity index (χ0v) is 26.4. The van der Waals surface area contributed by atoms with Gasteiger partial charge in [0.2, 0.25) is 0 Å². The van der Waals surface area contributed by atoms with Crippen molar-refractivity contribution in [3.8, 4) is 0 Å². The predicted octanol–water partition coefficient (Wildman–Crippen LogP) is 8.18. The Labute approximate surface area is 220 Å². The average molecular weight is 517 g/mol. The van der Waals surface area contributed by atoms with Gasteiger partial charge in [0, 0.05) is 16.8 Å². The summed E-state index contributed by atoms with van der Waals surface area (Å²) in [7, 11) is 1.86. The molecular formula is C24H51Cl2NOSiTi. The molecule has 0 aliphatic heterocycles. The summed E-state index contributed by atoms with van der Waals surface area (Å²) >= 11 is 0. The maximum atomic E-state index is 6.94. The Bertz CT molecular complexity index is 438. The molecule has 0 saturated carbocycles. The Balaban J connectivity index is -0.0000000690. The standard InChI is InChI=1S/C10H21O.C9H13.C4H10N.CH5Si.2ClH.Ti/c1-5-6-7-8-9-11-10(2,3)4;1-6-5-7(2)9(4)8(6)3;1-4(2,3)5;1-2;;;/h1,5-9H2,2-4H3;5H,1-4H3;5H,1-3H3;2H2,1H3;2*1H;/q3*-1;;;;+3. The van der Waals surface area contributed by atoms with Crippen LogP contribution in [0.3, 0.4) is 0 Å². The van der Waals surface area contributed by atoms with E-state index >= 15 is 0 Å². The van der Waals surface area contributed by atoms with Gasteiger partial charge in [-0.05, 0) is 27.2 Å². The third kappa shape index (κ3) is 36.2. The van der Waals surface area contributed by atoms with Crippen LogP contribution < -0.4 is 0 Å². The second-order valence-electron chi connectivity index (χ2n) is 8.89. The maximum Gasteiger partial charge on any atom is 3.00 e. The molecule has 0 unspecified atom stereocenters. The molecule has 1 aromatic carbocycles. The first-order valence-corrected chi connectivity index (χ1v) is 11.7. The summed E-state index contributed by atoms with van der Waals surface area (Å²) < 4.78 is 5.56. The van der Waals surface area contributed by atoms with Gasteiger partial charge in [-0.15, -0.1) is 30.4 Å². The van der Waals surface area contributed by atoms with Crippen molar-refractivity contribution < 1.29 is 26.5 Å². The van der Waals surface area contributed by atoms with Gasteiger partial charge in [-0.2, -0.15) is 34.7 Å². The van der Waals surface area contributed by atoms with Crippen LogP contribution in [0.1, 0.15) is 89.5 Å². The van der Waals surface area contributed by atoms with Crippen molar-refractivity contribution in [2.24, 2.45) is 0 Å². The van der Waals surface area contributed by atoms with E-state index in [2.05, 4.69) is 61.5 Å². The molecule has 0 aliphatic rings. The Kier molecular flexibility index (Phi) is 36.2. The second kappa shape index (κ2) is 24.4. The summed E-state index contributed by atoms with van der Waals surface area (Å²) in [6.07, 6.45) is 4.70. The van der Waals surface area contributed by atoms with Gasteiger partial charge >= 0.3 is 21.7 Å². The van der Waals surface area contributed by atoms with Gasteiger partial charge in [-0.1, -0.05) is 67.9 Å². The van der Waals surface area contributed by atoms with Gasteiger partial charge in [0.25, 0.3) is 0 Å². The minimum atomic E-state index is -0.250. The van der Waals surface area contributed by atoms with Crippen LogP contribution >= 0.6 is 24.8 Å². The van der Waals surface area contributed by atoms with Gasteiger partial charge in [-0.25, -0.2) is 0 Å². The molecule has 0 spiro atoms. The molecule has 2 nitrogen and oxygen atoms in total. The van der Waals surface area contributed by atoms with Crippen LogP contribution in [0.4, 0.5) is 0 Å². The largest absolute Gasteiger partial charge is 3.00 e. The summed E-state index contributed by atoms with van der Waals surface area (Å²) in [6, 6.07) is 2.24. The first-order valence-electron chi connectivity index (χ1n) is 10.3. The quantitative estimate of drug-likeness (QED) is 0.221. The number of halogens is 2. The van der Waals surface area contributed by atoms with Crippen LogP contribution in [0.5, 0.6) is 0 Å². The van der Waals surface area contributed by atoms with Crippen molar-refractivity contribution in [2.75, 3.05) is 6.61 Å².